The second-order valence-corrected chi connectivity index (χ2v) is 6.81. The normalized spacial score (nSPS) is 23.6. The van der Waals surface area contributed by atoms with Crippen LogP contribution in [0.2, 0.25) is 0 Å². The van der Waals surface area contributed by atoms with Crippen molar-refractivity contribution in [2.45, 2.75) is 31.8 Å². The number of piperidine rings is 1. The van der Waals surface area contributed by atoms with E-state index >= 15 is 0 Å². The van der Waals surface area contributed by atoms with Gasteiger partial charge in [0.1, 0.15) is 6.04 Å². The fraction of sp³-hybridized carbons (Fsp3) is 0.389. The fourth-order valence-corrected chi connectivity index (χ4v) is 3.92. The molecule has 136 valence electrons. The number of likely N-dealkylation sites (tertiary alicyclic amines) is 1. The van der Waals surface area contributed by atoms with Crippen LogP contribution in [0.1, 0.15) is 19.8 Å². The van der Waals surface area contributed by atoms with Gasteiger partial charge in [-0.1, -0.05) is 18.2 Å². The van der Waals surface area contributed by atoms with Crippen molar-refractivity contribution in [2.24, 2.45) is 11.7 Å². The van der Waals surface area contributed by atoms with E-state index in [1.165, 1.54) is 10.8 Å². The van der Waals surface area contributed by atoms with Gasteiger partial charge in [0.25, 0.3) is 0 Å². The molecule has 0 radical (unpaired) electrons. The Balaban J connectivity index is 1.61. The molecule has 3 atom stereocenters. The molecule has 2 aliphatic rings. The van der Waals surface area contributed by atoms with E-state index in [1.54, 1.807) is 17.0 Å². The van der Waals surface area contributed by atoms with Crippen molar-refractivity contribution in [1.29, 1.82) is 0 Å². The number of carbonyl (C=O) groups excluding carboxylic acids is 3. The summed E-state index contributed by atoms with van der Waals surface area (Å²) in [4.78, 5) is 38.5. The minimum Gasteiger partial charge on any atom is -0.355 e. The number of likely N-dealkylation sites (N-methyl/N-ethyl adjacent to an activating group) is 1. The van der Waals surface area contributed by atoms with E-state index in [-0.39, 0.29) is 18.0 Å². The van der Waals surface area contributed by atoms with Gasteiger partial charge in [0, 0.05) is 24.2 Å². The average molecular weight is 355 g/mol. The zero-order valence-corrected chi connectivity index (χ0v) is 14.4. The van der Waals surface area contributed by atoms with Crippen molar-refractivity contribution in [1.82, 2.24) is 14.8 Å². The first-order valence-electron chi connectivity index (χ1n) is 8.78. The Morgan fingerprint density at radius 2 is 2.00 bits per heavy atom. The van der Waals surface area contributed by atoms with Crippen LogP contribution in [0.4, 0.5) is 15.3 Å². The minimum absolute atomic E-state index is 0.116. The quantitative estimate of drug-likeness (QED) is 0.779. The highest BCUT2D eigenvalue weighted by atomic mass is 16.2. The Labute approximate surface area is 150 Å². The number of hydrogen-bond donors (Lipinski definition) is 3. The van der Waals surface area contributed by atoms with Gasteiger partial charge in [-0.2, -0.15) is 0 Å². The summed E-state index contributed by atoms with van der Waals surface area (Å²) in [5.74, 6) is 0.287. The summed E-state index contributed by atoms with van der Waals surface area (Å²) in [6, 6.07) is 5.94. The molecule has 2 heterocycles. The highest BCUT2D eigenvalue weighted by Crippen LogP contribution is 2.48. The van der Waals surface area contributed by atoms with E-state index in [4.69, 9.17) is 5.73 Å². The number of nitrogens with zero attached hydrogens (tertiary/aromatic N) is 2. The van der Waals surface area contributed by atoms with Crippen molar-refractivity contribution in [3.63, 3.8) is 0 Å². The largest absolute Gasteiger partial charge is 0.355 e. The third kappa shape index (κ3) is 2.58. The molecule has 1 saturated heterocycles. The standard InChI is InChI=1S/C18H21N5O3/c1-2-20-16(24)15-8-10-7-14(10)23(15)18(26)21-12-9-22(17(19)25)13-6-4-3-5-11(12)13/h3-6,9-10,14-15H,2,7-8H2,1H3,(H2,19,25)(H,20,24)(H,21,26)/t10-,14-,15+/m1/s1. The lowest BCUT2D eigenvalue weighted by atomic mass is 10.1. The smallest absolute Gasteiger partial charge is 0.323 e. The second-order valence-electron chi connectivity index (χ2n) is 6.81. The number of para-hydroxylation sites is 1. The van der Waals surface area contributed by atoms with Crippen LogP contribution in [0, 0.1) is 5.92 Å². The summed E-state index contributed by atoms with van der Waals surface area (Å²) in [7, 11) is 0. The van der Waals surface area contributed by atoms with Gasteiger partial charge >= 0.3 is 12.1 Å². The first-order chi connectivity index (χ1) is 12.5. The zero-order valence-electron chi connectivity index (χ0n) is 14.4. The first-order valence-corrected chi connectivity index (χ1v) is 8.78. The Hall–Kier alpha value is -3.03. The van der Waals surface area contributed by atoms with Crippen molar-refractivity contribution in [3.05, 3.63) is 30.5 Å². The molecule has 4 amide bonds. The number of amides is 4. The molecule has 8 heteroatoms. The number of fused-ring (bicyclic) bond motifs is 2. The SMILES string of the molecule is CCNC(=O)[C@@H]1C[C@H]2C[C@H]2N1C(=O)Nc1cn(C(N)=O)c2ccccc12. The van der Waals surface area contributed by atoms with Gasteiger partial charge in [-0.05, 0) is 31.7 Å². The van der Waals surface area contributed by atoms with Gasteiger partial charge in [0.15, 0.2) is 0 Å². The van der Waals surface area contributed by atoms with Crippen LogP contribution in [0.25, 0.3) is 10.9 Å². The molecule has 2 aromatic rings. The molecule has 1 aromatic heterocycles. The second kappa shape index (κ2) is 6.05. The molecule has 26 heavy (non-hydrogen) atoms. The minimum atomic E-state index is -0.620. The van der Waals surface area contributed by atoms with Crippen LogP contribution in [0.15, 0.2) is 30.5 Å². The summed E-state index contributed by atoms with van der Waals surface area (Å²) in [5.41, 5.74) is 6.55. The molecule has 4 rings (SSSR count). The number of nitrogens with two attached hydrogens (primary N) is 1. The summed E-state index contributed by atoms with van der Waals surface area (Å²) >= 11 is 0. The predicted molar refractivity (Wildman–Crippen MR) is 96.8 cm³/mol. The molecule has 1 aliphatic carbocycles. The Morgan fingerprint density at radius 3 is 2.73 bits per heavy atom. The maximum atomic E-state index is 12.9. The Morgan fingerprint density at radius 1 is 1.23 bits per heavy atom. The highest BCUT2D eigenvalue weighted by Gasteiger charge is 2.56. The molecule has 0 unspecified atom stereocenters. The average Bonchev–Trinajstić information content (AvgIpc) is 3.12. The van der Waals surface area contributed by atoms with Crippen LogP contribution >= 0.6 is 0 Å². The van der Waals surface area contributed by atoms with Gasteiger partial charge in [-0.25, -0.2) is 9.59 Å². The van der Waals surface area contributed by atoms with E-state index in [9.17, 15) is 14.4 Å². The lowest BCUT2D eigenvalue weighted by Gasteiger charge is -2.26. The number of nitrogens with one attached hydrogen (secondary N) is 2. The Kier molecular flexibility index (Phi) is 3.82. The van der Waals surface area contributed by atoms with E-state index in [1.807, 2.05) is 19.1 Å². The first kappa shape index (κ1) is 16.4. The van der Waals surface area contributed by atoms with Crippen LogP contribution < -0.4 is 16.4 Å². The number of urea groups is 1. The third-order valence-corrected chi connectivity index (χ3v) is 5.18. The van der Waals surface area contributed by atoms with Gasteiger partial charge in [0.05, 0.1) is 11.2 Å². The number of hydrogen-bond acceptors (Lipinski definition) is 3. The molecular formula is C18H21N5O3. The van der Waals surface area contributed by atoms with Crippen LogP contribution in [-0.2, 0) is 4.79 Å². The third-order valence-electron chi connectivity index (χ3n) is 5.18. The lowest BCUT2D eigenvalue weighted by Crippen LogP contribution is -2.49. The van der Waals surface area contributed by atoms with Gasteiger partial charge < -0.3 is 21.3 Å². The van der Waals surface area contributed by atoms with Gasteiger partial charge in [-0.3, -0.25) is 9.36 Å². The van der Waals surface area contributed by atoms with Crippen LogP contribution in [0.3, 0.4) is 0 Å². The van der Waals surface area contributed by atoms with Crippen molar-refractivity contribution >= 4 is 34.6 Å². The van der Waals surface area contributed by atoms with Gasteiger partial charge in [0.2, 0.25) is 5.91 Å². The van der Waals surface area contributed by atoms with Crippen molar-refractivity contribution < 1.29 is 14.4 Å². The van der Waals surface area contributed by atoms with Gasteiger partial charge in [-0.15, -0.1) is 0 Å². The van der Waals surface area contributed by atoms with Crippen LogP contribution in [0.5, 0.6) is 0 Å². The molecular weight excluding hydrogens is 334 g/mol. The fourth-order valence-electron chi connectivity index (χ4n) is 3.92. The number of primary amides is 1. The van der Waals surface area contributed by atoms with Crippen molar-refractivity contribution in [3.8, 4) is 0 Å². The topological polar surface area (TPSA) is 109 Å². The lowest BCUT2D eigenvalue weighted by molar-refractivity contribution is -0.125. The monoisotopic (exact) mass is 355 g/mol. The predicted octanol–water partition coefficient (Wildman–Crippen LogP) is 1.70. The maximum Gasteiger partial charge on any atom is 0.323 e. The summed E-state index contributed by atoms with van der Waals surface area (Å²) < 4.78 is 1.30. The van der Waals surface area contributed by atoms with E-state index in [0.29, 0.717) is 30.1 Å². The number of carbonyl (C=O) groups is 3. The van der Waals surface area contributed by atoms with E-state index in [2.05, 4.69) is 10.6 Å². The van der Waals surface area contributed by atoms with E-state index in [0.717, 1.165) is 11.8 Å². The summed E-state index contributed by atoms with van der Waals surface area (Å²) in [6.45, 7) is 2.39. The molecule has 1 saturated carbocycles. The molecule has 1 aromatic carbocycles. The molecule has 1 aliphatic heterocycles. The molecule has 2 fully saturated rings. The highest BCUT2D eigenvalue weighted by molar-refractivity contribution is 6.05. The molecule has 8 nitrogen and oxygen atoms in total. The molecule has 0 bridgehead atoms. The number of benzene rings is 1. The molecule has 4 N–H and O–H groups in total. The van der Waals surface area contributed by atoms with Crippen LogP contribution in [-0.4, -0.2) is 46.1 Å². The van der Waals surface area contributed by atoms with E-state index < -0.39 is 12.1 Å². The number of anilines is 1. The Bertz CT molecular complexity index is 905. The van der Waals surface area contributed by atoms with Crippen molar-refractivity contribution in [2.75, 3.05) is 11.9 Å². The summed E-state index contributed by atoms with van der Waals surface area (Å²) in [5, 5.41) is 6.39. The maximum absolute atomic E-state index is 12.9. The number of rotatable bonds is 3. The molecule has 0 spiro atoms. The zero-order chi connectivity index (χ0) is 18.4. The number of aromatic nitrogens is 1. The summed E-state index contributed by atoms with van der Waals surface area (Å²) in [6.07, 6.45) is 3.16.